The van der Waals surface area contributed by atoms with Crippen molar-refractivity contribution in [2.75, 3.05) is 0 Å². The van der Waals surface area contributed by atoms with E-state index in [1.54, 1.807) is 25.3 Å². The first-order chi connectivity index (χ1) is 6.29. The zero-order valence-corrected chi connectivity index (χ0v) is 7.21. The molecule has 0 fully saturated rings. The minimum Gasteiger partial charge on any atom is -0.345 e. The van der Waals surface area contributed by atoms with Crippen LogP contribution in [0.3, 0.4) is 0 Å². The number of aromatic nitrogens is 2. The van der Waals surface area contributed by atoms with Crippen molar-refractivity contribution in [2.45, 2.75) is 6.92 Å². The molecule has 0 bridgehead atoms. The molecule has 0 amide bonds. The number of nitrogens with zero attached hydrogens (tertiary/aromatic N) is 1. The van der Waals surface area contributed by atoms with Crippen molar-refractivity contribution in [1.82, 2.24) is 9.97 Å². The molecule has 0 spiro atoms. The predicted octanol–water partition coefficient (Wildman–Crippen LogP) is 2.52. The van der Waals surface area contributed by atoms with Gasteiger partial charge in [0.2, 0.25) is 0 Å². The molecule has 3 heteroatoms. The van der Waals surface area contributed by atoms with Crippen LogP contribution in [-0.2, 0) is 0 Å². The van der Waals surface area contributed by atoms with Crippen molar-refractivity contribution >= 4 is 0 Å². The maximum absolute atomic E-state index is 13.5. The second-order valence-corrected chi connectivity index (χ2v) is 2.90. The number of H-pyrrole nitrogens is 1. The van der Waals surface area contributed by atoms with Crippen molar-refractivity contribution in [3.8, 4) is 11.3 Å². The lowest BCUT2D eigenvalue weighted by atomic mass is 10.1. The summed E-state index contributed by atoms with van der Waals surface area (Å²) < 4.78 is 13.5. The molecule has 1 heterocycles. The third-order valence-electron chi connectivity index (χ3n) is 1.98. The van der Waals surface area contributed by atoms with Gasteiger partial charge < -0.3 is 4.98 Å². The minimum absolute atomic E-state index is 0.188. The number of hydrogen-bond donors (Lipinski definition) is 1. The fourth-order valence-corrected chi connectivity index (χ4v) is 1.26. The van der Waals surface area contributed by atoms with Gasteiger partial charge in [0, 0.05) is 5.56 Å². The highest BCUT2D eigenvalue weighted by Crippen LogP contribution is 2.21. The van der Waals surface area contributed by atoms with E-state index in [0.29, 0.717) is 16.8 Å². The van der Waals surface area contributed by atoms with E-state index < -0.39 is 0 Å². The van der Waals surface area contributed by atoms with Gasteiger partial charge in [-0.05, 0) is 18.6 Å². The molecule has 0 saturated heterocycles. The Labute approximate surface area is 75.4 Å². The zero-order chi connectivity index (χ0) is 9.26. The lowest BCUT2D eigenvalue weighted by molar-refractivity contribution is 0.621. The molecule has 0 aliphatic carbocycles. The van der Waals surface area contributed by atoms with Crippen LogP contribution in [0.5, 0.6) is 0 Å². The van der Waals surface area contributed by atoms with Crippen molar-refractivity contribution < 1.29 is 4.39 Å². The van der Waals surface area contributed by atoms with E-state index in [0.717, 1.165) is 0 Å². The highest BCUT2D eigenvalue weighted by molar-refractivity contribution is 5.59. The maximum Gasteiger partial charge on any atom is 0.135 e. The van der Waals surface area contributed by atoms with Gasteiger partial charge in [-0.15, -0.1) is 0 Å². The number of halogens is 1. The summed E-state index contributed by atoms with van der Waals surface area (Å²) in [7, 11) is 0. The number of rotatable bonds is 1. The van der Waals surface area contributed by atoms with Crippen LogP contribution in [0.1, 0.15) is 5.56 Å². The van der Waals surface area contributed by atoms with Gasteiger partial charge in [-0.1, -0.05) is 12.1 Å². The van der Waals surface area contributed by atoms with Crippen LogP contribution in [0.2, 0.25) is 0 Å². The van der Waals surface area contributed by atoms with Crippen molar-refractivity contribution in [2.24, 2.45) is 0 Å². The summed E-state index contributed by atoms with van der Waals surface area (Å²) in [4.78, 5) is 6.72. The molecule has 0 saturated carbocycles. The van der Waals surface area contributed by atoms with Crippen LogP contribution in [-0.4, -0.2) is 9.97 Å². The SMILES string of the molecule is Cc1cccc(-c2cnc[nH]2)c1F. The van der Waals surface area contributed by atoms with Gasteiger partial charge in [0.1, 0.15) is 5.82 Å². The molecule has 1 N–H and O–H groups in total. The number of imidazole rings is 1. The fraction of sp³-hybridized carbons (Fsp3) is 0.100. The Kier molecular flexibility index (Phi) is 1.85. The van der Waals surface area contributed by atoms with Crippen LogP contribution in [0, 0.1) is 12.7 Å². The quantitative estimate of drug-likeness (QED) is 0.710. The third kappa shape index (κ3) is 1.33. The highest BCUT2D eigenvalue weighted by atomic mass is 19.1. The van der Waals surface area contributed by atoms with Crippen molar-refractivity contribution in [3.05, 3.63) is 42.1 Å². The molecule has 0 unspecified atom stereocenters. The van der Waals surface area contributed by atoms with E-state index in [1.165, 1.54) is 6.33 Å². The first-order valence-electron chi connectivity index (χ1n) is 4.03. The molecule has 0 atom stereocenters. The minimum atomic E-state index is -0.188. The Morgan fingerprint density at radius 1 is 1.38 bits per heavy atom. The van der Waals surface area contributed by atoms with Crippen LogP contribution < -0.4 is 0 Å². The smallest absolute Gasteiger partial charge is 0.135 e. The summed E-state index contributed by atoms with van der Waals surface area (Å²) >= 11 is 0. The standard InChI is InChI=1S/C10H9FN2/c1-7-3-2-4-8(10(7)11)9-5-12-6-13-9/h2-6H,1H3,(H,12,13). The summed E-state index contributed by atoms with van der Waals surface area (Å²) in [5, 5.41) is 0. The monoisotopic (exact) mass is 176 g/mol. The van der Waals surface area contributed by atoms with Crippen LogP contribution in [0.15, 0.2) is 30.7 Å². The highest BCUT2D eigenvalue weighted by Gasteiger charge is 2.06. The lowest BCUT2D eigenvalue weighted by Gasteiger charge is -2.01. The van der Waals surface area contributed by atoms with Gasteiger partial charge in [0.25, 0.3) is 0 Å². The third-order valence-corrected chi connectivity index (χ3v) is 1.98. The number of benzene rings is 1. The van der Waals surface area contributed by atoms with Crippen molar-refractivity contribution in [3.63, 3.8) is 0 Å². The molecule has 1 aromatic heterocycles. The van der Waals surface area contributed by atoms with Crippen molar-refractivity contribution in [1.29, 1.82) is 0 Å². The fourth-order valence-electron chi connectivity index (χ4n) is 1.26. The normalized spacial score (nSPS) is 10.3. The largest absolute Gasteiger partial charge is 0.345 e. The Morgan fingerprint density at radius 2 is 2.23 bits per heavy atom. The van der Waals surface area contributed by atoms with E-state index in [4.69, 9.17) is 0 Å². The van der Waals surface area contributed by atoms with Gasteiger partial charge in [-0.2, -0.15) is 0 Å². The second-order valence-electron chi connectivity index (χ2n) is 2.90. The first-order valence-corrected chi connectivity index (χ1v) is 4.03. The Balaban J connectivity index is 2.59. The van der Waals surface area contributed by atoms with Gasteiger partial charge in [0.15, 0.2) is 0 Å². The topological polar surface area (TPSA) is 28.7 Å². The van der Waals surface area contributed by atoms with Gasteiger partial charge in [0.05, 0.1) is 18.2 Å². The molecule has 66 valence electrons. The number of hydrogen-bond acceptors (Lipinski definition) is 1. The molecule has 0 aliphatic heterocycles. The molecule has 2 aromatic rings. The predicted molar refractivity (Wildman–Crippen MR) is 48.7 cm³/mol. The summed E-state index contributed by atoms with van der Waals surface area (Å²) in [6, 6.07) is 5.31. The number of aromatic amines is 1. The van der Waals surface area contributed by atoms with Crippen LogP contribution >= 0.6 is 0 Å². The Morgan fingerprint density at radius 3 is 2.92 bits per heavy atom. The van der Waals surface area contributed by atoms with Gasteiger partial charge in [-0.3, -0.25) is 0 Å². The first kappa shape index (κ1) is 7.98. The summed E-state index contributed by atoms with van der Waals surface area (Å²) in [6.07, 6.45) is 3.15. The molecule has 13 heavy (non-hydrogen) atoms. The molecule has 1 aromatic carbocycles. The van der Waals surface area contributed by atoms with E-state index in [9.17, 15) is 4.39 Å². The lowest BCUT2D eigenvalue weighted by Crippen LogP contribution is -1.87. The van der Waals surface area contributed by atoms with E-state index >= 15 is 0 Å². The maximum atomic E-state index is 13.5. The summed E-state index contributed by atoms with van der Waals surface area (Å²) in [5.41, 5.74) is 1.92. The van der Waals surface area contributed by atoms with E-state index in [1.807, 2.05) is 6.07 Å². The zero-order valence-electron chi connectivity index (χ0n) is 7.21. The second kappa shape index (κ2) is 3.01. The molecular weight excluding hydrogens is 167 g/mol. The van der Waals surface area contributed by atoms with Gasteiger partial charge in [-0.25, -0.2) is 9.37 Å². The van der Waals surface area contributed by atoms with E-state index in [-0.39, 0.29) is 5.82 Å². The summed E-state index contributed by atoms with van der Waals surface area (Å²) in [6.45, 7) is 1.75. The number of aryl methyl sites for hydroxylation is 1. The Hall–Kier alpha value is -1.64. The van der Waals surface area contributed by atoms with Crippen LogP contribution in [0.4, 0.5) is 4.39 Å². The summed E-state index contributed by atoms with van der Waals surface area (Å²) in [5.74, 6) is -0.188. The molecule has 2 nitrogen and oxygen atoms in total. The van der Waals surface area contributed by atoms with E-state index in [2.05, 4.69) is 9.97 Å². The molecular formula is C10H9FN2. The molecule has 0 radical (unpaired) electrons. The number of nitrogens with one attached hydrogen (secondary N) is 1. The van der Waals surface area contributed by atoms with Gasteiger partial charge >= 0.3 is 0 Å². The average molecular weight is 176 g/mol. The molecule has 2 rings (SSSR count). The Bertz CT molecular complexity index is 407. The molecule has 0 aliphatic rings. The van der Waals surface area contributed by atoms with Crippen LogP contribution in [0.25, 0.3) is 11.3 Å². The average Bonchev–Trinajstić information content (AvgIpc) is 2.62.